The lowest BCUT2D eigenvalue weighted by Gasteiger charge is -2.34. The fraction of sp³-hybridized carbons (Fsp3) is 0.263. The summed E-state index contributed by atoms with van der Waals surface area (Å²) in [6, 6.07) is 15.5. The highest BCUT2D eigenvalue weighted by Gasteiger charge is 2.14. The van der Waals surface area contributed by atoms with Gasteiger partial charge in [0.05, 0.1) is 5.56 Å². The molecule has 1 aliphatic heterocycles. The van der Waals surface area contributed by atoms with Gasteiger partial charge in [0.2, 0.25) is 0 Å². The van der Waals surface area contributed by atoms with Crippen LogP contribution in [0.2, 0.25) is 0 Å². The highest BCUT2D eigenvalue weighted by molar-refractivity contribution is 14.1. The van der Waals surface area contributed by atoms with Gasteiger partial charge in [-0.2, -0.15) is 0 Å². The lowest BCUT2D eigenvalue weighted by atomic mass is 10.2. The minimum Gasteiger partial charge on any atom is -0.369 e. The summed E-state index contributed by atoms with van der Waals surface area (Å²) in [5, 5.41) is 6.09. The van der Waals surface area contributed by atoms with Gasteiger partial charge in [-0.1, -0.05) is 12.1 Å². The van der Waals surface area contributed by atoms with Crippen LogP contribution in [0.5, 0.6) is 0 Å². The fourth-order valence-electron chi connectivity index (χ4n) is 2.80. The molecule has 1 heterocycles. The molecule has 0 saturated carbocycles. The smallest absolute Gasteiger partial charge is 0.258 e. The van der Waals surface area contributed by atoms with Crippen molar-refractivity contribution in [2.45, 2.75) is 0 Å². The molecule has 26 heavy (non-hydrogen) atoms. The van der Waals surface area contributed by atoms with E-state index in [1.165, 1.54) is 5.69 Å². The molecule has 3 rings (SSSR count). The van der Waals surface area contributed by atoms with E-state index in [0.29, 0.717) is 10.7 Å². The normalized spacial score (nSPS) is 14.8. The molecule has 0 atom stereocenters. The minimum absolute atomic E-state index is 0.207. The Morgan fingerprint density at radius 2 is 1.69 bits per heavy atom. The van der Waals surface area contributed by atoms with Gasteiger partial charge in [0.25, 0.3) is 5.91 Å². The molecule has 0 spiro atoms. The van der Waals surface area contributed by atoms with Crippen molar-refractivity contribution < 1.29 is 4.79 Å². The number of hydrogen-bond donors (Lipinski definition) is 2. The van der Waals surface area contributed by atoms with Gasteiger partial charge in [0, 0.05) is 41.1 Å². The number of anilines is 2. The van der Waals surface area contributed by atoms with Crippen molar-refractivity contribution in [1.29, 1.82) is 0 Å². The van der Waals surface area contributed by atoms with Crippen LogP contribution < -0.4 is 15.5 Å². The Balaban J connectivity index is 1.56. The van der Waals surface area contributed by atoms with E-state index in [4.69, 9.17) is 12.2 Å². The Hall–Kier alpha value is -1.71. The third kappa shape index (κ3) is 4.93. The Morgan fingerprint density at radius 3 is 2.35 bits per heavy atom. The summed E-state index contributed by atoms with van der Waals surface area (Å²) in [6.07, 6.45) is 0. The average molecular weight is 480 g/mol. The predicted molar refractivity (Wildman–Crippen MR) is 119 cm³/mol. The lowest BCUT2D eigenvalue weighted by molar-refractivity contribution is 0.0977. The molecule has 2 aromatic rings. The fourth-order valence-corrected chi connectivity index (χ4v) is 3.64. The SMILES string of the molecule is CN1CCN(c2ccc(NC(=S)NC(=O)c3ccccc3I)cc2)CC1. The van der Waals surface area contributed by atoms with Crippen LogP contribution in [-0.4, -0.2) is 49.1 Å². The lowest BCUT2D eigenvalue weighted by Crippen LogP contribution is -2.44. The molecule has 7 heteroatoms. The zero-order valence-electron chi connectivity index (χ0n) is 14.5. The number of hydrogen-bond acceptors (Lipinski definition) is 4. The molecule has 136 valence electrons. The molecule has 1 amide bonds. The van der Waals surface area contributed by atoms with Gasteiger partial charge in [-0.3, -0.25) is 10.1 Å². The number of amides is 1. The Bertz CT molecular complexity index is 788. The third-order valence-corrected chi connectivity index (χ3v) is 5.48. The quantitative estimate of drug-likeness (QED) is 0.522. The number of nitrogens with one attached hydrogen (secondary N) is 2. The van der Waals surface area contributed by atoms with Gasteiger partial charge >= 0.3 is 0 Å². The van der Waals surface area contributed by atoms with E-state index in [1.54, 1.807) is 6.07 Å². The van der Waals surface area contributed by atoms with Crippen LogP contribution in [0.15, 0.2) is 48.5 Å². The summed E-state index contributed by atoms with van der Waals surface area (Å²) in [5.74, 6) is -0.207. The van der Waals surface area contributed by atoms with Crippen molar-refractivity contribution >= 4 is 57.2 Å². The van der Waals surface area contributed by atoms with E-state index in [9.17, 15) is 4.79 Å². The maximum atomic E-state index is 12.3. The first-order valence-corrected chi connectivity index (χ1v) is 9.92. The maximum absolute atomic E-state index is 12.3. The van der Waals surface area contributed by atoms with Gasteiger partial charge in [0.1, 0.15) is 0 Å². The first-order valence-electron chi connectivity index (χ1n) is 8.43. The van der Waals surface area contributed by atoms with Crippen molar-refractivity contribution in [2.24, 2.45) is 0 Å². The largest absolute Gasteiger partial charge is 0.369 e. The summed E-state index contributed by atoms with van der Waals surface area (Å²) in [6.45, 7) is 4.23. The number of benzene rings is 2. The topological polar surface area (TPSA) is 47.6 Å². The number of thiocarbonyl (C=S) groups is 1. The average Bonchev–Trinajstić information content (AvgIpc) is 2.63. The summed E-state index contributed by atoms with van der Waals surface area (Å²) < 4.78 is 0.891. The monoisotopic (exact) mass is 480 g/mol. The van der Waals surface area contributed by atoms with Crippen molar-refractivity contribution in [2.75, 3.05) is 43.4 Å². The van der Waals surface area contributed by atoms with Crippen molar-refractivity contribution in [3.05, 3.63) is 57.7 Å². The van der Waals surface area contributed by atoms with Gasteiger partial charge in [-0.05, 0) is 78.3 Å². The number of nitrogens with zero attached hydrogens (tertiary/aromatic N) is 2. The summed E-state index contributed by atoms with van der Waals surface area (Å²) >= 11 is 7.40. The van der Waals surface area contributed by atoms with Crippen LogP contribution in [0.3, 0.4) is 0 Å². The Labute approximate surface area is 172 Å². The van der Waals surface area contributed by atoms with Crippen molar-refractivity contribution in [1.82, 2.24) is 10.2 Å². The summed E-state index contributed by atoms with van der Waals surface area (Å²) in [5.41, 5.74) is 2.68. The van der Waals surface area contributed by atoms with E-state index in [2.05, 4.69) is 62.2 Å². The molecule has 0 unspecified atom stereocenters. The molecule has 1 saturated heterocycles. The molecular formula is C19H21IN4OS. The first-order chi connectivity index (χ1) is 12.5. The number of carbonyl (C=O) groups excluding carboxylic acids is 1. The zero-order valence-corrected chi connectivity index (χ0v) is 17.5. The molecule has 2 aromatic carbocycles. The maximum Gasteiger partial charge on any atom is 0.258 e. The van der Waals surface area contributed by atoms with E-state index < -0.39 is 0 Å². The van der Waals surface area contributed by atoms with Crippen LogP contribution in [0.4, 0.5) is 11.4 Å². The van der Waals surface area contributed by atoms with E-state index in [1.807, 2.05) is 30.3 Å². The van der Waals surface area contributed by atoms with Crippen LogP contribution in [-0.2, 0) is 0 Å². The third-order valence-electron chi connectivity index (χ3n) is 4.34. The Kier molecular flexibility index (Phi) is 6.44. The van der Waals surface area contributed by atoms with Crippen molar-refractivity contribution in [3.8, 4) is 0 Å². The molecule has 0 radical (unpaired) electrons. The summed E-state index contributed by atoms with van der Waals surface area (Å²) in [4.78, 5) is 17.0. The second kappa shape index (κ2) is 8.79. The highest BCUT2D eigenvalue weighted by atomic mass is 127. The van der Waals surface area contributed by atoms with Crippen molar-refractivity contribution in [3.63, 3.8) is 0 Å². The highest BCUT2D eigenvalue weighted by Crippen LogP contribution is 2.19. The molecule has 1 aliphatic rings. The van der Waals surface area contributed by atoms with E-state index in [-0.39, 0.29) is 5.91 Å². The van der Waals surface area contributed by atoms with E-state index in [0.717, 1.165) is 35.4 Å². The molecule has 5 nitrogen and oxygen atoms in total. The molecule has 0 aliphatic carbocycles. The molecule has 0 bridgehead atoms. The second-order valence-electron chi connectivity index (χ2n) is 6.23. The molecule has 1 fully saturated rings. The number of piperazine rings is 1. The van der Waals surface area contributed by atoms with E-state index >= 15 is 0 Å². The van der Waals surface area contributed by atoms with Crippen LogP contribution in [0, 0.1) is 3.57 Å². The van der Waals surface area contributed by atoms with Crippen LogP contribution in [0.25, 0.3) is 0 Å². The predicted octanol–water partition coefficient (Wildman–Crippen LogP) is 3.17. The molecule has 2 N–H and O–H groups in total. The van der Waals surface area contributed by atoms with Crippen LogP contribution >= 0.6 is 34.8 Å². The zero-order chi connectivity index (χ0) is 18.5. The van der Waals surface area contributed by atoms with Gasteiger partial charge < -0.3 is 15.1 Å². The Morgan fingerprint density at radius 1 is 1.04 bits per heavy atom. The number of likely N-dealkylation sites (N-methyl/N-ethyl adjacent to an activating group) is 1. The van der Waals surface area contributed by atoms with Gasteiger partial charge in [-0.15, -0.1) is 0 Å². The minimum atomic E-state index is -0.207. The van der Waals surface area contributed by atoms with Gasteiger partial charge in [0.15, 0.2) is 5.11 Å². The van der Waals surface area contributed by atoms with Crippen LogP contribution in [0.1, 0.15) is 10.4 Å². The first kappa shape index (κ1) is 19.1. The number of halogens is 1. The summed E-state index contributed by atoms with van der Waals surface area (Å²) in [7, 11) is 2.15. The molecular weight excluding hydrogens is 459 g/mol. The number of carbonyl (C=O) groups is 1. The second-order valence-corrected chi connectivity index (χ2v) is 7.80. The standard InChI is InChI=1S/C19H21IN4OS/c1-23-10-12-24(13-11-23)15-8-6-14(7-9-15)21-19(26)22-18(25)16-4-2-3-5-17(16)20/h2-9H,10-13H2,1H3,(H2,21,22,25,26). The number of rotatable bonds is 3. The van der Waals surface area contributed by atoms with Gasteiger partial charge in [-0.25, -0.2) is 0 Å². The molecule has 0 aromatic heterocycles.